The van der Waals surface area contributed by atoms with Gasteiger partial charge < -0.3 is 13.6 Å². The third-order valence-corrected chi connectivity index (χ3v) is 18.3. The van der Waals surface area contributed by atoms with Gasteiger partial charge >= 0.3 is 5.97 Å². The van der Waals surface area contributed by atoms with Crippen LogP contribution in [0.5, 0.6) is 0 Å². The second-order valence-electron chi connectivity index (χ2n) is 14.5. The lowest BCUT2D eigenvalue weighted by Crippen LogP contribution is -2.66. The van der Waals surface area contributed by atoms with Gasteiger partial charge in [-0.05, 0) is 51.6 Å². The van der Waals surface area contributed by atoms with Crippen molar-refractivity contribution in [2.75, 3.05) is 6.61 Å². The summed E-state index contributed by atoms with van der Waals surface area (Å²) >= 11 is 0. The van der Waals surface area contributed by atoms with E-state index in [1.54, 1.807) is 0 Å². The summed E-state index contributed by atoms with van der Waals surface area (Å²) in [6.45, 7) is 24.2. The van der Waals surface area contributed by atoms with Crippen LogP contribution in [0.4, 0.5) is 0 Å². The number of hydrogen-bond donors (Lipinski definition) is 0. The largest absolute Gasteiger partial charge is 0.546 e. The molecule has 0 N–H and O–H groups in total. The van der Waals surface area contributed by atoms with Crippen LogP contribution in [0.25, 0.3) is 0 Å². The summed E-state index contributed by atoms with van der Waals surface area (Å²) in [6, 6.07) is 31.4. The smallest absolute Gasteiger partial charge is 0.313 e. The van der Waals surface area contributed by atoms with Gasteiger partial charge in [-0.3, -0.25) is 4.79 Å². The molecule has 0 spiro atoms. The molecule has 0 saturated heterocycles. The highest BCUT2D eigenvalue weighted by Gasteiger charge is 2.50. The lowest BCUT2D eigenvalue weighted by molar-refractivity contribution is -0.148. The van der Waals surface area contributed by atoms with Gasteiger partial charge in [0.15, 0.2) is 0 Å². The molecular formula is C39H54O4Si2. The van der Waals surface area contributed by atoms with E-state index in [0.717, 1.165) is 11.1 Å². The van der Waals surface area contributed by atoms with Crippen molar-refractivity contribution in [3.05, 3.63) is 121 Å². The fourth-order valence-corrected chi connectivity index (χ4v) is 11.1. The molecule has 0 saturated carbocycles. The van der Waals surface area contributed by atoms with Gasteiger partial charge in [-0.1, -0.05) is 139 Å². The summed E-state index contributed by atoms with van der Waals surface area (Å²) in [7, 11) is -5.06. The fourth-order valence-electron chi connectivity index (χ4n) is 5.39. The number of hydrogen-bond acceptors (Lipinski definition) is 4. The van der Waals surface area contributed by atoms with Crippen LogP contribution in [0.3, 0.4) is 0 Å². The van der Waals surface area contributed by atoms with Gasteiger partial charge in [0, 0.05) is 12.8 Å². The third kappa shape index (κ3) is 9.41. The molecule has 0 aliphatic carbocycles. The summed E-state index contributed by atoms with van der Waals surface area (Å²) in [5, 5.41) is 2.23. The first-order valence-corrected chi connectivity index (χ1v) is 20.9. The molecule has 0 unspecified atom stereocenters. The number of rotatable bonds is 14. The maximum absolute atomic E-state index is 13.6. The maximum Gasteiger partial charge on any atom is 0.313 e. The minimum absolute atomic E-state index is 0.0417. The van der Waals surface area contributed by atoms with Gasteiger partial charge in [0.25, 0.3) is 8.32 Å². The molecule has 0 heterocycles. The van der Waals surface area contributed by atoms with Gasteiger partial charge in [0.2, 0.25) is 8.32 Å². The number of esters is 1. The summed E-state index contributed by atoms with van der Waals surface area (Å²) in [5.74, 6) is 0.373. The Kier molecular flexibility index (Phi) is 12.4. The van der Waals surface area contributed by atoms with E-state index in [4.69, 9.17) is 13.6 Å². The number of carbonyl (C=O) groups excluding carboxylic acids is 1. The third-order valence-electron chi connectivity index (χ3n) is 8.92. The van der Waals surface area contributed by atoms with Crippen molar-refractivity contribution in [1.29, 1.82) is 0 Å². The molecule has 1 atom stereocenters. The molecule has 0 bridgehead atoms. The SMILES string of the molecule is C=CC[C@@H](Cc1ccccc1)OC(=O)C/C(O[Si](C)(C)C(C)(C)C)=C(/C)CO[Si](c1ccccc1)(c1ccccc1)C(C)(C)C. The van der Waals surface area contributed by atoms with Crippen LogP contribution in [0.2, 0.25) is 23.2 Å². The molecule has 242 valence electrons. The molecule has 0 radical (unpaired) electrons. The summed E-state index contributed by atoms with van der Waals surface area (Å²) in [4.78, 5) is 13.6. The van der Waals surface area contributed by atoms with Crippen LogP contribution in [-0.2, 0) is 24.8 Å². The molecule has 0 aliphatic rings. The minimum atomic E-state index is -2.78. The zero-order valence-electron chi connectivity index (χ0n) is 29.0. The zero-order chi connectivity index (χ0) is 33.3. The van der Waals surface area contributed by atoms with Gasteiger partial charge in [-0.2, -0.15) is 0 Å². The van der Waals surface area contributed by atoms with E-state index >= 15 is 0 Å². The van der Waals surface area contributed by atoms with Gasteiger partial charge in [0.05, 0.1) is 12.4 Å². The van der Waals surface area contributed by atoms with E-state index in [0.29, 0.717) is 25.2 Å². The first-order valence-electron chi connectivity index (χ1n) is 16.1. The molecule has 0 fully saturated rings. The number of benzene rings is 3. The molecule has 6 heteroatoms. The van der Waals surface area contributed by atoms with Gasteiger partial charge in [-0.25, -0.2) is 0 Å². The summed E-state index contributed by atoms with van der Waals surface area (Å²) < 4.78 is 20.2. The molecule has 45 heavy (non-hydrogen) atoms. The topological polar surface area (TPSA) is 44.8 Å². The van der Waals surface area contributed by atoms with Crippen LogP contribution < -0.4 is 10.4 Å². The second kappa shape index (κ2) is 15.4. The van der Waals surface area contributed by atoms with E-state index in [2.05, 4.69) is 134 Å². The second-order valence-corrected chi connectivity index (χ2v) is 23.6. The molecular weight excluding hydrogens is 589 g/mol. The number of ether oxygens (including phenoxy) is 1. The van der Waals surface area contributed by atoms with E-state index in [9.17, 15) is 4.79 Å². The molecule has 0 aliphatic heterocycles. The molecule has 0 amide bonds. The molecule has 3 aromatic rings. The Labute approximate surface area is 274 Å². The van der Waals surface area contributed by atoms with Crippen molar-refractivity contribution in [3.63, 3.8) is 0 Å². The zero-order valence-corrected chi connectivity index (χ0v) is 31.0. The average molecular weight is 643 g/mol. The lowest BCUT2D eigenvalue weighted by Gasteiger charge is -2.43. The summed E-state index contributed by atoms with van der Waals surface area (Å²) in [5.41, 5.74) is 2.05. The van der Waals surface area contributed by atoms with Crippen molar-refractivity contribution in [2.45, 2.75) is 97.0 Å². The van der Waals surface area contributed by atoms with Crippen molar-refractivity contribution in [2.24, 2.45) is 0 Å². The predicted molar refractivity (Wildman–Crippen MR) is 194 cm³/mol. The van der Waals surface area contributed by atoms with E-state index in [1.165, 1.54) is 10.4 Å². The Morgan fingerprint density at radius 3 is 1.73 bits per heavy atom. The van der Waals surface area contributed by atoms with Gasteiger partial charge in [0.1, 0.15) is 12.5 Å². The van der Waals surface area contributed by atoms with E-state index in [1.807, 2.05) is 31.2 Å². The first-order chi connectivity index (χ1) is 21.1. The van der Waals surface area contributed by atoms with Crippen molar-refractivity contribution >= 4 is 33.0 Å². The summed E-state index contributed by atoms with van der Waals surface area (Å²) in [6.07, 6.45) is 2.80. The Balaban J connectivity index is 2.00. The average Bonchev–Trinajstić information content (AvgIpc) is 2.97. The predicted octanol–water partition coefficient (Wildman–Crippen LogP) is 8.98. The normalized spacial score (nSPS) is 13.9. The molecule has 3 rings (SSSR count). The van der Waals surface area contributed by atoms with E-state index < -0.39 is 16.6 Å². The van der Waals surface area contributed by atoms with Crippen LogP contribution in [-0.4, -0.2) is 35.3 Å². The highest BCUT2D eigenvalue weighted by molar-refractivity contribution is 6.99. The van der Waals surface area contributed by atoms with Crippen LogP contribution >= 0.6 is 0 Å². The standard InChI is InChI=1S/C39H54O4Si2/c1-11-21-33(28-32-22-15-12-16-23-32)42-37(40)29-36(43-44(9,10)38(3,4)5)31(2)30-41-45(39(6,7)8,34-24-17-13-18-25-34)35-26-19-14-20-27-35/h11-20,22-27,33H,1,21,28-30H2,2-10H3/b36-31+/t33-/m0/s1. The Morgan fingerprint density at radius 1 is 0.800 bits per heavy atom. The Bertz CT molecular complexity index is 1360. The van der Waals surface area contributed by atoms with E-state index in [-0.39, 0.29) is 28.6 Å². The maximum atomic E-state index is 13.6. The van der Waals surface area contributed by atoms with Crippen molar-refractivity contribution in [1.82, 2.24) is 0 Å². The van der Waals surface area contributed by atoms with Crippen LogP contribution in [0, 0.1) is 0 Å². The molecule has 0 aromatic heterocycles. The lowest BCUT2D eigenvalue weighted by atomic mass is 10.1. The highest BCUT2D eigenvalue weighted by Crippen LogP contribution is 2.40. The minimum Gasteiger partial charge on any atom is -0.546 e. The first kappa shape index (κ1) is 36.3. The Hall–Kier alpha value is -3.20. The van der Waals surface area contributed by atoms with Gasteiger partial charge in [-0.15, -0.1) is 6.58 Å². The van der Waals surface area contributed by atoms with Crippen molar-refractivity contribution in [3.8, 4) is 0 Å². The number of carbonyl (C=O) groups is 1. The van der Waals surface area contributed by atoms with Crippen LogP contribution in [0.1, 0.15) is 66.9 Å². The van der Waals surface area contributed by atoms with Crippen molar-refractivity contribution < 1.29 is 18.4 Å². The highest BCUT2D eigenvalue weighted by atomic mass is 28.4. The monoisotopic (exact) mass is 642 g/mol. The quantitative estimate of drug-likeness (QED) is 0.0762. The molecule has 3 aromatic carbocycles. The fraction of sp³-hybridized carbons (Fsp3) is 0.410. The molecule has 4 nitrogen and oxygen atoms in total. The van der Waals surface area contributed by atoms with Crippen LogP contribution in [0.15, 0.2) is 115 Å². The Morgan fingerprint density at radius 2 is 1.29 bits per heavy atom.